The molecular formula is C11H14BrNOS. The van der Waals surface area contributed by atoms with Crippen molar-refractivity contribution in [3.63, 3.8) is 0 Å². The van der Waals surface area contributed by atoms with Gasteiger partial charge in [0.05, 0.1) is 0 Å². The number of alkyl halides is 1. The van der Waals surface area contributed by atoms with Gasteiger partial charge in [0.15, 0.2) is 0 Å². The lowest BCUT2D eigenvalue weighted by atomic mass is 10.2. The summed E-state index contributed by atoms with van der Waals surface area (Å²) in [5.41, 5.74) is 0.724. The predicted octanol–water partition coefficient (Wildman–Crippen LogP) is 2.92. The molecule has 1 N–H and O–H groups in total. The monoisotopic (exact) mass is 287 g/mol. The van der Waals surface area contributed by atoms with Crippen LogP contribution >= 0.6 is 27.7 Å². The van der Waals surface area contributed by atoms with Crippen molar-refractivity contribution in [1.29, 1.82) is 0 Å². The lowest BCUT2D eigenvalue weighted by Gasteiger charge is -2.04. The number of carbonyl (C=O) groups is 1. The molecule has 0 aliphatic carbocycles. The van der Waals surface area contributed by atoms with E-state index in [1.54, 1.807) is 11.8 Å². The summed E-state index contributed by atoms with van der Waals surface area (Å²) >= 11 is 4.99. The molecule has 0 atom stereocenters. The van der Waals surface area contributed by atoms with E-state index in [1.165, 1.54) is 4.90 Å². The number of hydrogen-bond acceptors (Lipinski definition) is 2. The third-order valence-corrected chi connectivity index (χ3v) is 3.25. The first-order chi connectivity index (χ1) is 7.27. The van der Waals surface area contributed by atoms with Crippen LogP contribution in [0.5, 0.6) is 0 Å². The maximum absolute atomic E-state index is 11.6. The van der Waals surface area contributed by atoms with E-state index < -0.39 is 0 Å². The number of amides is 1. The van der Waals surface area contributed by atoms with Crippen LogP contribution in [-0.4, -0.2) is 24.0 Å². The van der Waals surface area contributed by atoms with Gasteiger partial charge in [0.2, 0.25) is 0 Å². The summed E-state index contributed by atoms with van der Waals surface area (Å²) in [5, 5.41) is 3.78. The Hall–Kier alpha value is -0.480. The number of carbonyl (C=O) groups excluding carboxylic acids is 1. The maximum Gasteiger partial charge on any atom is 0.251 e. The number of hydrogen-bond donors (Lipinski definition) is 1. The third-order valence-electron chi connectivity index (χ3n) is 1.95. The average molecular weight is 288 g/mol. The number of rotatable bonds is 5. The summed E-state index contributed by atoms with van der Waals surface area (Å²) in [6.07, 6.45) is 2.97. The first-order valence-electron chi connectivity index (χ1n) is 4.76. The standard InChI is InChI=1S/C11H14BrNOS/c1-15-10-5-3-9(4-6-10)11(14)13-8-2-7-12/h3-6H,2,7-8H2,1H3,(H,13,14). The molecule has 4 heteroatoms. The van der Waals surface area contributed by atoms with Gasteiger partial charge in [0.1, 0.15) is 0 Å². The Bertz CT molecular complexity index is 313. The van der Waals surface area contributed by atoms with Gasteiger partial charge in [-0.1, -0.05) is 15.9 Å². The van der Waals surface area contributed by atoms with Crippen LogP contribution in [0.15, 0.2) is 29.2 Å². The molecule has 0 aromatic heterocycles. The smallest absolute Gasteiger partial charge is 0.251 e. The van der Waals surface area contributed by atoms with Gasteiger partial charge in [-0.3, -0.25) is 4.79 Å². The fourth-order valence-corrected chi connectivity index (χ4v) is 1.80. The molecule has 0 aliphatic rings. The zero-order valence-corrected chi connectivity index (χ0v) is 11.0. The van der Waals surface area contributed by atoms with Crippen LogP contribution < -0.4 is 5.32 Å². The second kappa shape index (κ2) is 6.90. The van der Waals surface area contributed by atoms with E-state index in [4.69, 9.17) is 0 Å². The molecule has 0 fully saturated rings. The Morgan fingerprint density at radius 2 is 2.07 bits per heavy atom. The van der Waals surface area contributed by atoms with E-state index in [0.717, 1.165) is 17.3 Å². The molecular weight excluding hydrogens is 274 g/mol. The summed E-state index contributed by atoms with van der Waals surface area (Å²) < 4.78 is 0. The summed E-state index contributed by atoms with van der Waals surface area (Å²) in [5.74, 6) is 0.00334. The lowest BCUT2D eigenvalue weighted by molar-refractivity contribution is 0.0954. The van der Waals surface area contributed by atoms with Crippen LogP contribution in [0.25, 0.3) is 0 Å². The summed E-state index contributed by atoms with van der Waals surface area (Å²) in [4.78, 5) is 12.8. The van der Waals surface area contributed by atoms with Crippen molar-refractivity contribution in [1.82, 2.24) is 5.32 Å². The highest BCUT2D eigenvalue weighted by Gasteiger charge is 2.03. The molecule has 0 aliphatic heterocycles. The highest BCUT2D eigenvalue weighted by molar-refractivity contribution is 9.09. The van der Waals surface area contributed by atoms with Crippen molar-refractivity contribution in [3.05, 3.63) is 29.8 Å². The lowest BCUT2D eigenvalue weighted by Crippen LogP contribution is -2.24. The van der Waals surface area contributed by atoms with Gasteiger partial charge in [-0.2, -0.15) is 0 Å². The van der Waals surface area contributed by atoms with Crippen LogP contribution in [0, 0.1) is 0 Å². The molecule has 82 valence electrons. The molecule has 0 saturated carbocycles. The molecule has 0 radical (unpaired) electrons. The molecule has 0 spiro atoms. The van der Waals surface area contributed by atoms with E-state index in [2.05, 4.69) is 21.2 Å². The zero-order valence-electron chi connectivity index (χ0n) is 8.63. The minimum Gasteiger partial charge on any atom is -0.352 e. The second-order valence-corrected chi connectivity index (χ2v) is 4.70. The van der Waals surface area contributed by atoms with E-state index in [9.17, 15) is 4.79 Å². The molecule has 1 rings (SSSR count). The van der Waals surface area contributed by atoms with E-state index in [0.29, 0.717) is 6.54 Å². The number of benzene rings is 1. The Morgan fingerprint density at radius 3 is 2.60 bits per heavy atom. The van der Waals surface area contributed by atoms with Crippen molar-refractivity contribution >= 4 is 33.6 Å². The minimum absolute atomic E-state index is 0.00334. The van der Waals surface area contributed by atoms with Gasteiger partial charge in [-0.15, -0.1) is 11.8 Å². The topological polar surface area (TPSA) is 29.1 Å². The van der Waals surface area contributed by atoms with Gasteiger partial charge < -0.3 is 5.32 Å². The Balaban J connectivity index is 2.50. The molecule has 1 amide bonds. The SMILES string of the molecule is CSc1ccc(C(=O)NCCCBr)cc1. The predicted molar refractivity (Wildman–Crippen MR) is 69.0 cm³/mol. The molecule has 1 aromatic rings. The van der Waals surface area contributed by atoms with Crippen molar-refractivity contribution < 1.29 is 4.79 Å². The van der Waals surface area contributed by atoms with E-state index in [-0.39, 0.29) is 5.91 Å². The molecule has 15 heavy (non-hydrogen) atoms. The van der Waals surface area contributed by atoms with Gasteiger partial charge in [0, 0.05) is 22.3 Å². The summed E-state index contributed by atoms with van der Waals surface area (Å²) in [7, 11) is 0. The van der Waals surface area contributed by atoms with Gasteiger partial charge >= 0.3 is 0 Å². The number of halogens is 1. The largest absolute Gasteiger partial charge is 0.352 e. The third kappa shape index (κ3) is 4.26. The van der Waals surface area contributed by atoms with Crippen LogP contribution in [-0.2, 0) is 0 Å². The minimum atomic E-state index is 0.00334. The normalized spacial score (nSPS) is 10.0. The highest BCUT2D eigenvalue weighted by atomic mass is 79.9. The van der Waals surface area contributed by atoms with E-state index >= 15 is 0 Å². The fraction of sp³-hybridized carbons (Fsp3) is 0.364. The van der Waals surface area contributed by atoms with Crippen molar-refractivity contribution in [2.45, 2.75) is 11.3 Å². The number of nitrogens with one attached hydrogen (secondary N) is 1. The maximum atomic E-state index is 11.6. The Labute approximate surface area is 103 Å². The molecule has 1 aromatic carbocycles. The molecule has 0 unspecified atom stereocenters. The Kier molecular flexibility index (Phi) is 5.79. The fourth-order valence-electron chi connectivity index (χ4n) is 1.11. The van der Waals surface area contributed by atoms with Crippen molar-refractivity contribution in [2.75, 3.05) is 18.1 Å². The number of thioether (sulfide) groups is 1. The van der Waals surface area contributed by atoms with Crippen LogP contribution in [0.3, 0.4) is 0 Å². The van der Waals surface area contributed by atoms with Gasteiger partial charge in [-0.05, 0) is 36.9 Å². The van der Waals surface area contributed by atoms with Gasteiger partial charge in [-0.25, -0.2) is 0 Å². The average Bonchev–Trinajstić information content (AvgIpc) is 2.29. The molecule has 0 saturated heterocycles. The second-order valence-electron chi connectivity index (χ2n) is 3.03. The quantitative estimate of drug-likeness (QED) is 0.513. The first kappa shape index (κ1) is 12.6. The van der Waals surface area contributed by atoms with Gasteiger partial charge in [0.25, 0.3) is 5.91 Å². The first-order valence-corrected chi connectivity index (χ1v) is 7.10. The van der Waals surface area contributed by atoms with Crippen LogP contribution in [0.2, 0.25) is 0 Å². The molecule has 2 nitrogen and oxygen atoms in total. The van der Waals surface area contributed by atoms with Crippen molar-refractivity contribution in [3.8, 4) is 0 Å². The molecule has 0 bridgehead atoms. The highest BCUT2D eigenvalue weighted by Crippen LogP contribution is 2.14. The molecule has 0 heterocycles. The van der Waals surface area contributed by atoms with E-state index in [1.807, 2.05) is 30.5 Å². The summed E-state index contributed by atoms with van der Waals surface area (Å²) in [6.45, 7) is 0.717. The van der Waals surface area contributed by atoms with Crippen molar-refractivity contribution in [2.24, 2.45) is 0 Å². The Morgan fingerprint density at radius 1 is 1.40 bits per heavy atom. The zero-order chi connectivity index (χ0) is 11.1. The van der Waals surface area contributed by atoms with Crippen LogP contribution in [0.4, 0.5) is 0 Å². The van der Waals surface area contributed by atoms with Crippen LogP contribution in [0.1, 0.15) is 16.8 Å². The summed E-state index contributed by atoms with van der Waals surface area (Å²) in [6, 6.07) is 7.64.